The lowest BCUT2D eigenvalue weighted by Gasteiger charge is -2.19. The van der Waals surface area contributed by atoms with Gasteiger partial charge in [-0.25, -0.2) is 10.1 Å². The van der Waals surface area contributed by atoms with Crippen molar-refractivity contribution in [3.05, 3.63) is 69.7 Å². The fourth-order valence-electron chi connectivity index (χ4n) is 2.34. The molecule has 2 N–H and O–H groups in total. The molecule has 0 saturated carbocycles. The van der Waals surface area contributed by atoms with E-state index in [1.54, 1.807) is 13.1 Å². The molecule has 0 amide bonds. The highest BCUT2D eigenvalue weighted by atomic mass is 35.5. The van der Waals surface area contributed by atoms with Gasteiger partial charge in [-0.1, -0.05) is 41.9 Å². The first-order chi connectivity index (χ1) is 11.9. The van der Waals surface area contributed by atoms with Gasteiger partial charge in [0.25, 0.3) is 5.97 Å². The summed E-state index contributed by atoms with van der Waals surface area (Å²) in [4.78, 5) is 17.6. The molecule has 1 aliphatic rings. The van der Waals surface area contributed by atoms with Gasteiger partial charge in [0.05, 0.1) is 11.1 Å². The number of hydroxylamine groups is 2. The first-order valence-electron chi connectivity index (χ1n) is 7.48. The van der Waals surface area contributed by atoms with Crippen molar-refractivity contribution in [3.8, 4) is 0 Å². The highest BCUT2D eigenvalue weighted by Crippen LogP contribution is 2.15. The number of carboxylic acids is 1. The average molecular weight is 360 g/mol. The number of benzene rings is 2. The Morgan fingerprint density at radius 1 is 1.24 bits per heavy atom. The third-order valence-electron chi connectivity index (χ3n) is 3.32. The van der Waals surface area contributed by atoms with Gasteiger partial charge < -0.3 is 5.11 Å². The predicted octanol–water partition coefficient (Wildman–Crippen LogP) is 1.94. The average Bonchev–Trinajstić information content (AvgIpc) is 2.70. The monoisotopic (exact) mass is 359 g/mol. The van der Waals surface area contributed by atoms with Crippen LogP contribution in [0, 0.1) is 0 Å². The van der Waals surface area contributed by atoms with Gasteiger partial charge in [-0.15, -0.1) is 0 Å². The summed E-state index contributed by atoms with van der Waals surface area (Å²) in [7, 11) is 1.66. The summed E-state index contributed by atoms with van der Waals surface area (Å²) in [5, 5.41) is 21.2. The minimum absolute atomic E-state index is 0.229. The molecule has 25 heavy (non-hydrogen) atoms. The summed E-state index contributed by atoms with van der Waals surface area (Å²) in [6.45, 7) is 1.31. The molecule has 2 aromatic rings. The molecule has 0 spiro atoms. The molecule has 6 nitrogen and oxygen atoms in total. The Balaban J connectivity index is 0.000000511. The fraction of sp³-hybridized carbons (Fsp3) is 0.167. The van der Waals surface area contributed by atoms with E-state index in [0.717, 1.165) is 23.1 Å². The van der Waals surface area contributed by atoms with Crippen molar-refractivity contribution in [2.75, 3.05) is 13.6 Å². The third-order valence-corrected chi connectivity index (χ3v) is 3.55. The van der Waals surface area contributed by atoms with E-state index in [9.17, 15) is 5.21 Å². The molecule has 0 atom stereocenters. The van der Waals surface area contributed by atoms with E-state index in [-0.39, 0.29) is 6.54 Å². The number of aliphatic imine (C=N–C) groups is 1. The molecule has 2 aromatic carbocycles. The second-order valence-electron chi connectivity index (χ2n) is 5.20. The smallest absolute Gasteiger partial charge is 0.300 e. The number of amidine groups is 1. The van der Waals surface area contributed by atoms with E-state index < -0.39 is 5.97 Å². The lowest BCUT2D eigenvalue weighted by molar-refractivity contribution is -0.134. The van der Waals surface area contributed by atoms with Gasteiger partial charge >= 0.3 is 0 Å². The lowest BCUT2D eigenvalue weighted by atomic mass is 10.1. The van der Waals surface area contributed by atoms with Crippen LogP contribution in [0.25, 0.3) is 5.70 Å². The zero-order valence-corrected chi connectivity index (χ0v) is 14.6. The Kier molecular flexibility index (Phi) is 6.27. The van der Waals surface area contributed by atoms with Crippen molar-refractivity contribution in [2.45, 2.75) is 6.92 Å². The first-order valence-corrected chi connectivity index (χ1v) is 7.85. The van der Waals surface area contributed by atoms with Crippen LogP contribution in [0.4, 0.5) is 0 Å². The molecule has 3 rings (SSSR count). The Hall–Kier alpha value is -2.70. The van der Waals surface area contributed by atoms with Crippen LogP contribution in [0.15, 0.2) is 58.5 Å². The Morgan fingerprint density at radius 3 is 2.48 bits per heavy atom. The Morgan fingerprint density at radius 2 is 1.88 bits per heavy atom. The maximum atomic E-state index is 10.5. The molecular formula is C18H18ClN3O3. The van der Waals surface area contributed by atoms with Gasteiger partial charge in [0, 0.05) is 29.8 Å². The number of carboxylic acid groups (broad SMARTS) is 1. The van der Waals surface area contributed by atoms with Gasteiger partial charge in [0.2, 0.25) is 0 Å². The molecule has 130 valence electrons. The molecular weight excluding hydrogens is 342 g/mol. The molecule has 0 saturated heterocycles. The second kappa shape index (κ2) is 8.41. The predicted molar refractivity (Wildman–Crippen MR) is 96.3 cm³/mol. The van der Waals surface area contributed by atoms with E-state index in [1.165, 1.54) is 5.06 Å². The first kappa shape index (κ1) is 18.6. The molecule has 7 heteroatoms. The second-order valence-corrected chi connectivity index (χ2v) is 5.64. The summed E-state index contributed by atoms with van der Waals surface area (Å²) in [6.07, 6.45) is 0. The quantitative estimate of drug-likeness (QED) is 0.814. The zero-order valence-electron chi connectivity index (χ0n) is 13.8. The Bertz CT molecular complexity index is 907. The van der Waals surface area contributed by atoms with Crippen LogP contribution < -0.4 is 10.6 Å². The van der Waals surface area contributed by atoms with Crippen molar-refractivity contribution < 1.29 is 15.1 Å². The van der Waals surface area contributed by atoms with Crippen LogP contribution in [-0.4, -0.2) is 40.8 Å². The number of aliphatic carboxylic acids is 1. The SMILES string of the molecule is CC(=O)O.CN=C1CN(O)C(c2ccccc2)=c2cc(Cl)ccc2=N1. The molecule has 0 fully saturated rings. The Labute approximate surface area is 150 Å². The van der Waals surface area contributed by atoms with Crippen LogP contribution in [0.3, 0.4) is 0 Å². The molecule has 0 radical (unpaired) electrons. The summed E-state index contributed by atoms with van der Waals surface area (Å²) in [5.74, 6) is -0.271. The molecule has 0 aliphatic carbocycles. The molecule has 0 unspecified atom stereocenters. The third kappa shape index (κ3) is 4.89. The number of rotatable bonds is 1. The van der Waals surface area contributed by atoms with Gasteiger partial charge in [-0.2, -0.15) is 0 Å². The highest BCUT2D eigenvalue weighted by molar-refractivity contribution is 6.30. The summed E-state index contributed by atoms with van der Waals surface area (Å²) in [6, 6.07) is 15.1. The molecule has 1 aliphatic heterocycles. The van der Waals surface area contributed by atoms with E-state index in [2.05, 4.69) is 9.98 Å². The molecule has 0 bridgehead atoms. The standard InChI is InChI=1S/C16H14ClN3O.C2H4O2/c1-18-15-10-20(21)16(11-5-3-2-4-6-11)13-9-12(17)7-8-14(13)19-15;1-2(3)4/h2-9,21H,10H2,1H3;1H3,(H,3,4). The lowest BCUT2D eigenvalue weighted by Crippen LogP contribution is -2.31. The minimum atomic E-state index is -0.833. The van der Waals surface area contributed by atoms with Gasteiger partial charge in [-0.3, -0.25) is 15.0 Å². The number of halogens is 1. The maximum Gasteiger partial charge on any atom is 0.300 e. The van der Waals surface area contributed by atoms with Crippen LogP contribution in [-0.2, 0) is 4.79 Å². The van der Waals surface area contributed by atoms with Gasteiger partial charge in [-0.05, 0) is 18.2 Å². The fourth-order valence-corrected chi connectivity index (χ4v) is 2.52. The van der Waals surface area contributed by atoms with Crippen molar-refractivity contribution in [1.82, 2.24) is 5.06 Å². The molecule has 1 heterocycles. The maximum absolute atomic E-state index is 10.5. The van der Waals surface area contributed by atoms with E-state index in [4.69, 9.17) is 21.5 Å². The van der Waals surface area contributed by atoms with Gasteiger partial charge in [0.1, 0.15) is 12.4 Å². The number of carbonyl (C=O) groups is 1. The van der Waals surface area contributed by atoms with Crippen molar-refractivity contribution in [3.63, 3.8) is 0 Å². The minimum Gasteiger partial charge on any atom is -0.481 e. The van der Waals surface area contributed by atoms with E-state index in [0.29, 0.717) is 16.6 Å². The van der Waals surface area contributed by atoms with Crippen molar-refractivity contribution >= 4 is 29.1 Å². The number of hydrogen-bond acceptors (Lipinski definition) is 4. The topological polar surface area (TPSA) is 85.5 Å². The van der Waals surface area contributed by atoms with Crippen LogP contribution >= 0.6 is 11.6 Å². The number of fused-ring (bicyclic) bond motifs is 1. The largest absolute Gasteiger partial charge is 0.481 e. The van der Waals surface area contributed by atoms with Gasteiger partial charge in [0.15, 0.2) is 0 Å². The van der Waals surface area contributed by atoms with Crippen LogP contribution in [0.2, 0.25) is 5.02 Å². The van der Waals surface area contributed by atoms with Crippen LogP contribution in [0.1, 0.15) is 12.5 Å². The van der Waals surface area contributed by atoms with Crippen LogP contribution in [0.5, 0.6) is 0 Å². The normalized spacial score (nSPS) is 14.8. The van der Waals surface area contributed by atoms with E-state index >= 15 is 0 Å². The summed E-state index contributed by atoms with van der Waals surface area (Å²) >= 11 is 6.12. The zero-order chi connectivity index (χ0) is 18.4. The van der Waals surface area contributed by atoms with Crippen molar-refractivity contribution in [1.29, 1.82) is 0 Å². The number of hydrogen-bond donors (Lipinski definition) is 2. The van der Waals surface area contributed by atoms with Crippen molar-refractivity contribution in [2.24, 2.45) is 9.98 Å². The molecule has 0 aromatic heterocycles. The van der Waals surface area contributed by atoms with E-state index in [1.807, 2.05) is 42.5 Å². The summed E-state index contributed by atoms with van der Waals surface area (Å²) in [5.41, 5.74) is 1.58. The highest BCUT2D eigenvalue weighted by Gasteiger charge is 2.17. The number of nitrogens with zero attached hydrogens (tertiary/aromatic N) is 3. The summed E-state index contributed by atoms with van der Waals surface area (Å²) < 4.78 is 0.